The summed E-state index contributed by atoms with van der Waals surface area (Å²) in [5.74, 6) is -0.703. The fourth-order valence-corrected chi connectivity index (χ4v) is 3.49. The largest absolute Gasteiger partial charge is 0.508 e. The normalized spacial score (nSPS) is 21.4. The summed E-state index contributed by atoms with van der Waals surface area (Å²) in [6.07, 6.45) is -1.85. The van der Waals surface area contributed by atoms with Gasteiger partial charge in [-0.3, -0.25) is 9.59 Å². The second-order valence-electron chi connectivity index (χ2n) is 8.08. The third-order valence-electron chi connectivity index (χ3n) is 5.59. The highest BCUT2D eigenvalue weighted by atomic mass is 16.5. The maximum Gasteiger partial charge on any atom is 0.247 e. The molecule has 0 spiro atoms. The minimum absolute atomic E-state index is 0.0862. The third-order valence-corrected chi connectivity index (χ3v) is 5.59. The van der Waals surface area contributed by atoms with Crippen LogP contribution in [-0.4, -0.2) is 51.5 Å². The SMILES string of the molecule is Cc1ccc(O[C@@H]2C=C(C(=O)N[C@@H](Cc3ccc(O)cc3)C(N)=O)C[C@@H](O)[C@H]2O)cc1C. The molecule has 6 N–H and O–H groups in total. The Morgan fingerprint density at radius 2 is 1.81 bits per heavy atom. The zero-order chi connectivity index (χ0) is 23.4. The number of aliphatic hydroxyl groups excluding tert-OH is 2. The van der Waals surface area contributed by atoms with E-state index in [4.69, 9.17) is 10.5 Å². The molecule has 0 saturated heterocycles. The number of hydrogen-bond donors (Lipinski definition) is 5. The van der Waals surface area contributed by atoms with Crippen LogP contribution in [0.1, 0.15) is 23.1 Å². The fraction of sp³-hybridized carbons (Fsp3) is 0.333. The summed E-state index contributed by atoms with van der Waals surface area (Å²) in [5, 5.41) is 32.6. The average molecular weight is 440 g/mol. The Labute approximate surface area is 186 Å². The number of primary amides is 1. The lowest BCUT2D eigenvalue weighted by Gasteiger charge is -2.31. The molecule has 0 aliphatic heterocycles. The smallest absolute Gasteiger partial charge is 0.247 e. The van der Waals surface area contributed by atoms with Crippen LogP contribution in [0.25, 0.3) is 0 Å². The molecular formula is C24H28N2O6. The maximum atomic E-state index is 12.8. The van der Waals surface area contributed by atoms with Crippen molar-refractivity contribution in [3.63, 3.8) is 0 Å². The molecule has 0 saturated carbocycles. The second-order valence-corrected chi connectivity index (χ2v) is 8.08. The van der Waals surface area contributed by atoms with Gasteiger partial charge in [-0.2, -0.15) is 0 Å². The number of nitrogens with two attached hydrogens (primary N) is 1. The van der Waals surface area contributed by atoms with E-state index in [1.54, 1.807) is 18.2 Å². The van der Waals surface area contributed by atoms with E-state index in [-0.39, 0.29) is 24.2 Å². The first-order valence-corrected chi connectivity index (χ1v) is 10.3. The van der Waals surface area contributed by atoms with Gasteiger partial charge in [-0.05, 0) is 60.9 Å². The zero-order valence-electron chi connectivity index (χ0n) is 18.0. The number of phenolic OH excluding ortho intramolecular Hbond substituents is 1. The van der Waals surface area contributed by atoms with Crippen molar-refractivity contribution < 1.29 is 29.6 Å². The van der Waals surface area contributed by atoms with Crippen molar-refractivity contribution in [3.8, 4) is 11.5 Å². The Kier molecular flexibility index (Phi) is 7.17. The molecule has 0 unspecified atom stereocenters. The Balaban J connectivity index is 1.75. The molecule has 2 aromatic carbocycles. The van der Waals surface area contributed by atoms with Crippen LogP contribution in [0.4, 0.5) is 0 Å². The van der Waals surface area contributed by atoms with Gasteiger partial charge >= 0.3 is 0 Å². The Morgan fingerprint density at radius 3 is 2.44 bits per heavy atom. The molecule has 3 rings (SSSR count). The standard InChI is InChI=1S/C24H28N2O6/c1-13-3-8-18(9-14(13)2)32-21-12-16(11-20(28)22(21)29)24(31)26-19(23(25)30)10-15-4-6-17(27)7-5-15/h3-9,12,19-22,27-29H,10-11H2,1-2H3,(H2,25,30)(H,26,31)/t19-,20+,21+,22+/m0/s1. The topological polar surface area (TPSA) is 142 Å². The number of ether oxygens (including phenoxy) is 1. The molecule has 0 fully saturated rings. The first-order valence-electron chi connectivity index (χ1n) is 10.3. The summed E-state index contributed by atoms with van der Waals surface area (Å²) in [4.78, 5) is 24.7. The number of nitrogens with one attached hydrogen (secondary N) is 1. The molecule has 8 nitrogen and oxygen atoms in total. The van der Waals surface area contributed by atoms with Gasteiger partial charge in [0.25, 0.3) is 0 Å². The van der Waals surface area contributed by atoms with Gasteiger partial charge in [0.15, 0.2) is 0 Å². The number of carbonyl (C=O) groups is 2. The lowest BCUT2D eigenvalue weighted by atomic mass is 9.91. The van der Waals surface area contributed by atoms with Gasteiger partial charge < -0.3 is 31.1 Å². The minimum Gasteiger partial charge on any atom is -0.508 e. The lowest BCUT2D eigenvalue weighted by molar-refractivity contribution is -0.126. The maximum absolute atomic E-state index is 12.8. The summed E-state index contributed by atoms with van der Waals surface area (Å²) in [7, 11) is 0. The average Bonchev–Trinajstić information content (AvgIpc) is 2.74. The van der Waals surface area contributed by atoms with Crippen LogP contribution in [0.3, 0.4) is 0 Å². The van der Waals surface area contributed by atoms with Crippen LogP contribution in [0.15, 0.2) is 54.1 Å². The summed E-state index contributed by atoms with van der Waals surface area (Å²) in [6, 6.07) is 10.7. The number of rotatable bonds is 7. The van der Waals surface area contributed by atoms with E-state index in [0.29, 0.717) is 11.3 Å². The lowest BCUT2D eigenvalue weighted by Crippen LogP contribution is -2.49. The minimum atomic E-state index is -1.21. The van der Waals surface area contributed by atoms with E-state index >= 15 is 0 Å². The zero-order valence-corrected chi connectivity index (χ0v) is 18.0. The number of amides is 2. The summed E-state index contributed by atoms with van der Waals surface area (Å²) >= 11 is 0. The predicted molar refractivity (Wildman–Crippen MR) is 118 cm³/mol. The van der Waals surface area contributed by atoms with Gasteiger partial charge in [0.1, 0.15) is 29.7 Å². The molecular weight excluding hydrogens is 412 g/mol. The molecule has 4 atom stereocenters. The third kappa shape index (κ3) is 5.66. The van der Waals surface area contributed by atoms with Gasteiger partial charge in [-0.25, -0.2) is 0 Å². The number of hydrogen-bond acceptors (Lipinski definition) is 6. The van der Waals surface area contributed by atoms with Crippen molar-refractivity contribution >= 4 is 11.8 Å². The van der Waals surface area contributed by atoms with E-state index in [1.165, 1.54) is 18.2 Å². The number of carbonyl (C=O) groups excluding carboxylic acids is 2. The molecule has 0 radical (unpaired) electrons. The summed E-state index contributed by atoms with van der Waals surface area (Å²) in [5.41, 5.74) is 8.45. The van der Waals surface area contributed by atoms with Gasteiger partial charge in [0.2, 0.25) is 11.8 Å². The molecule has 2 aromatic rings. The second kappa shape index (κ2) is 9.84. The molecule has 1 aliphatic rings. The highest BCUT2D eigenvalue weighted by Crippen LogP contribution is 2.25. The van der Waals surface area contributed by atoms with E-state index < -0.39 is 36.2 Å². The molecule has 2 amide bonds. The van der Waals surface area contributed by atoms with Gasteiger partial charge in [0.05, 0.1) is 6.10 Å². The summed E-state index contributed by atoms with van der Waals surface area (Å²) < 4.78 is 5.83. The molecule has 8 heteroatoms. The molecule has 32 heavy (non-hydrogen) atoms. The Morgan fingerprint density at radius 1 is 1.12 bits per heavy atom. The number of aliphatic hydroxyl groups is 2. The highest BCUT2D eigenvalue weighted by molar-refractivity contribution is 5.97. The van der Waals surface area contributed by atoms with Crippen LogP contribution in [0, 0.1) is 13.8 Å². The highest BCUT2D eigenvalue weighted by Gasteiger charge is 2.35. The van der Waals surface area contributed by atoms with Crippen molar-refractivity contribution in [2.45, 2.75) is 51.0 Å². The van der Waals surface area contributed by atoms with Gasteiger partial charge in [0, 0.05) is 18.4 Å². The van der Waals surface area contributed by atoms with Crippen molar-refractivity contribution in [3.05, 3.63) is 70.8 Å². The van der Waals surface area contributed by atoms with Gasteiger partial charge in [-0.15, -0.1) is 0 Å². The van der Waals surface area contributed by atoms with Crippen LogP contribution < -0.4 is 15.8 Å². The number of aryl methyl sites for hydroxylation is 2. The molecule has 0 aromatic heterocycles. The van der Waals surface area contributed by atoms with E-state index in [0.717, 1.165) is 11.1 Å². The molecule has 1 aliphatic carbocycles. The first kappa shape index (κ1) is 23.3. The summed E-state index contributed by atoms with van der Waals surface area (Å²) in [6.45, 7) is 3.90. The molecule has 170 valence electrons. The first-order chi connectivity index (χ1) is 15.1. The molecule has 0 bridgehead atoms. The van der Waals surface area contributed by atoms with Crippen molar-refractivity contribution in [2.75, 3.05) is 0 Å². The van der Waals surface area contributed by atoms with E-state index in [1.807, 2.05) is 26.0 Å². The van der Waals surface area contributed by atoms with Crippen molar-refractivity contribution in [2.24, 2.45) is 5.73 Å². The Hall–Kier alpha value is -3.36. The predicted octanol–water partition coefficient (Wildman–Crippen LogP) is 1.02. The number of benzene rings is 2. The van der Waals surface area contributed by atoms with Crippen LogP contribution in [0.5, 0.6) is 11.5 Å². The van der Waals surface area contributed by atoms with Crippen molar-refractivity contribution in [1.82, 2.24) is 5.32 Å². The number of aromatic hydroxyl groups is 1. The molecule has 0 heterocycles. The van der Waals surface area contributed by atoms with Crippen LogP contribution in [-0.2, 0) is 16.0 Å². The Bertz CT molecular complexity index is 1020. The quantitative estimate of drug-likeness (QED) is 0.435. The van der Waals surface area contributed by atoms with E-state index in [2.05, 4.69) is 5.32 Å². The van der Waals surface area contributed by atoms with Crippen molar-refractivity contribution in [1.29, 1.82) is 0 Å². The van der Waals surface area contributed by atoms with Gasteiger partial charge in [-0.1, -0.05) is 18.2 Å². The fourth-order valence-electron chi connectivity index (χ4n) is 3.49. The van der Waals surface area contributed by atoms with Crippen LogP contribution >= 0.6 is 0 Å². The van der Waals surface area contributed by atoms with E-state index in [9.17, 15) is 24.9 Å². The monoisotopic (exact) mass is 440 g/mol. The van der Waals surface area contributed by atoms with Crippen LogP contribution in [0.2, 0.25) is 0 Å². The number of phenols is 1.